The second kappa shape index (κ2) is 4.31. The molecular weight excluding hydrogens is 178 g/mol. The quantitative estimate of drug-likeness (QED) is 0.579. The van der Waals surface area contributed by atoms with Gasteiger partial charge in [0.1, 0.15) is 0 Å². The lowest BCUT2D eigenvalue weighted by atomic mass is 10.0. The van der Waals surface area contributed by atoms with Gasteiger partial charge >= 0.3 is 0 Å². The number of ether oxygens (including phenoxy) is 2. The molecule has 0 unspecified atom stereocenters. The highest BCUT2D eigenvalue weighted by Gasteiger charge is 2.39. The molecule has 1 spiro atoms. The highest BCUT2D eigenvalue weighted by Crippen LogP contribution is 2.30. The average Bonchev–Trinajstić information content (AvgIpc) is 2.66. The van der Waals surface area contributed by atoms with Crippen LogP contribution in [-0.4, -0.2) is 43.5 Å². The van der Waals surface area contributed by atoms with Gasteiger partial charge in [-0.3, -0.25) is 4.90 Å². The van der Waals surface area contributed by atoms with Crippen LogP contribution in [0.1, 0.15) is 19.8 Å². The van der Waals surface area contributed by atoms with Crippen molar-refractivity contribution in [2.75, 3.05) is 32.8 Å². The van der Waals surface area contributed by atoms with Crippen molar-refractivity contribution in [1.82, 2.24) is 4.90 Å². The van der Waals surface area contributed by atoms with Gasteiger partial charge < -0.3 is 9.47 Å². The van der Waals surface area contributed by atoms with E-state index in [1.54, 1.807) is 0 Å². The summed E-state index contributed by atoms with van der Waals surface area (Å²) in [5, 5.41) is 0. The van der Waals surface area contributed by atoms with E-state index in [2.05, 4.69) is 16.7 Å². The van der Waals surface area contributed by atoms with Crippen LogP contribution < -0.4 is 0 Å². The van der Waals surface area contributed by atoms with E-state index in [-0.39, 0.29) is 5.79 Å². The number of likely N-dealkylation sites (tertiary alicyclic amines) is 1. The molecule has 2 fully saturated rings. The van der Waals surface area contributed by atoms with Gasteiger partial charge in [0.05, 0.1) is 19.8 Å². The summed E-state index contributed by atoms with van der Waals surface area (Å²) in [5.41, 5.74) is 0. The Morgan fingerprint density at radius 1 is 1.21 bits per heavy atom. The number of nitrogens with zero attached hydrogens (tertiary/aromatic N) is 1. The first-order valence-electron chi connectivity index (χ1n) is 5.24. The molecule has 0 amide bonds. The molecule has 3 heteroatoms. The lowest BCUT2D eigenvalue weighted by molar-refractivity contribution is -0.184. The normalized spacial score (nSPS) is 26.1. The summed E-state index contributed by atoms with van der Waals surface area (Å²) in [6.07, 6.45) is 1.97. The predicted octanol–water partition coefficient (Wildman–Crippen LogP) is 0.849. The lowest BCUT2D eigenvalue weighted by Gasteiger charge is -2.36. The van der Waals surface area contributed by atoms with E-state index in [1.165, 1.54) is 0 Å². The van der Waals surface area contributed by atoms with Crippen molar-refractivity contribution in [2.24, 2.45) is 0 Å². The van der Waals surface area contributed by atoms with Crippen LogP contribution in [-0.2, 0) is 9.47 Å². The van der Waals surface area contributed by atoms with Crippen molar-refractivity contribution in [3.63, 3.8) is 0 Å². The Kier molecular flexibility index (Phi) is 3.07. The Hall–Kier alpha value is -0.560. The molecule has 0 aromatic heterocycles. The zero-order valence-corrected chi connectivity index (χ0v) is 8.71. The molecule has 2 saturated heterocycles. The van der Waals surface area contributed by atoms with Crippen molar-refractivity contribution in [1.29, 1.82) is 0 Å². The topological polar surface area (TPSA) is 21.7 Å². The number of hydrogen-bond acceptors (Lipinski definition) is 3. The molecule has 2 aliphatic heterocycles. The Bertz CT molecular complexity index is 238. The monoisotopic (exact) mass is 195 g/mol. The summed E-state index contributed by atoms with van der Waals surface area (Å²) in [6, 6.07) is 0. The van der Waals surface area contributed by atoms with E-state index < -0.39 is 0 Å². The standard InChI is InChI=1S/C11H17NO2/c1-2-3-6-12-7-4-11(5-8-12)13-9-10-14-11/h4-10H2,1H3. The molecule has 0 aromatic rings. The van der Waals surface area contributed by atoms with E-state index in [4.69, 9.17) is 9.47 Å². The minimum atomic E-state index is -0.240. The molecule has 0 saturated carbocycles. The highest BCUT2D eigenvalue weighted by atomic mass is 16.7. The number of rotatable bonds is 1. The smallest absolute Gasteiger partial charge is 0.170 e. The molecule has 78 valence electrons. The first-order chi connectivity index (χ1) is 6.85. The Morgan fingerprint density at radius 2 is 1.86 bits per heavy atom. The minimum Gasteiger partial charge on any atom is -0.347 e. The van der Waals surface area contributed by atoms with Crippen LogP contribution in [0.4, 0.5) is 0 Å². The van der Waals surface area contributed by atoms with E-state index in [9.17, 15) is 0 Å². The molecular formula is C11H17NO2. The number of piperidine rings is 1. The molecule has 14 heavy (non-hydrogen) atoms. The zero-order chi connectivity index (χ0) is 9.86. The third kappa shape index (κ3) is 2.09. The Balaban J connectivity index is 1.81. The third-order valence-corrected chi connectivity index (χ3v) is 2.91. The molecule has 2 aliphatic rings. The van der Waals surface area contributed by atoms with Crippen LogP contribution in [0.5, 0.6) is 0 Å². The average molecular weight is 195 g/mol. The second-order valence-electron chi connectivity index (χ2n) is 3.81. The van der Waals surface area contributed by atoms with Gasteiger partial charge in [0, 0.05) is 25.9 Å². The first kappa shape index (κ1) is 9.97. The van der Waals surface area contributed by atoms with Gasteiger partial charge in [-0.1, -0.05) is 5.92 Å². The predicted molar refractivity (Wildman–Crippen MR) is 53.8 cm³/mol. The maximum absolute atomic E-state index is 5.65. The van der Waals surface area contributed by atoms with Crippen molar-refractivity contribution < 1.29 is 9.47 Å². The van der Waals surface area contributed by atoms with Crippen LogP contribution in [0.2, 0.25) is 0 Å². The van der Waals surface area contributed by atoms with Gasteiger partial charge in [0.25, 0.3) is 0 Å². The van der Waals surface area contributed by atoms with Gasteiger partial charge in [-0.25, -0.2) is 0 Å². The molecule has 0 bridgehead atoms. The summed E-state index contributed by atoms with van der Waals surface area (Å²) in [5.74, 6) is 5.77. The molecule has 2 rings (SSSR count). The lowest BCUT2D eigenvalue weighted by Crippen LogP contribution is -2.45. The van der Waals surface area contributed by atoms with Gasteiger partial charge in [0.2, 0.25) is 0 Å². The highest BCUT2D eigenvalue weighted by molar-refractivity contribution is 4.99. The van der Waals surface area contributed by atoms with Gasteiger partial charge in [0.15, 0.2) is 5.79 Å². The molecule has 0 N–H and O–H groups in total. The molecule has 0 radical (unpaired) electrons. The van der Waals surface area contributed by atoms with Crippen LogP contribution in [0.15, 0.2) is 0 Å². The van der Waals surface area contributed by atoms with E-state index >= 15 is 0 Å². The van der Waals surface area contributed by atoms with Crippen molar-refractivity contribution >= 4 is 0 Å². The minimum absolute atomic E-state index is 0.240. The molecule has 0 aliphatic carbocycles. The first-order valence-corrected chi connectivity index (χ1v) is 5.24. The SMILES string of the molecule is CC#CCN1CCC2(CC1)OCCO2. The molecule has 2 heterocycles. The Labute approximate surface area is 85.4 Å². The van der Waals surface area contributed by atoms with Crippen molar-refractivity contribution in [3.8, 4) is 11.8 Å². The summed E-state index contributed by atoms with van der Waals surface area (Å²) >= 11 is 0. The summed E-state index contributed by atoms with van der Waals surface area (Å²) in [6.45, 7) is 6.36. The van der Waals surface area contributed by atoms with Gasteiger partial charge in [-0.05, 0) is 6.92 Å². The number of hydrogen-bond donors (Lipinski definition) is 0. The second-order valence-corrected chi connectivity index (χ2v) is 3.81. The van der Waals surface area contributed by atoms with Crippen molar-refractivity contribution in [3.05, 3.63) is 0 Å². The van der Waals surface area contributed by atoms with Crippen molar-refractivity contribution in [2.45, 2.75) is 25.6 Å². The van der Waals surface area contributed by atoms with E-state index in [0.717, 1.165) is 45.7 Å². The summed E-state index contributed by atoms with van der Waals surface area (Å²) in [4.78, 5) is 2.35. The van der Waals surface area contributed by atoms with E-state index in [0.29, 0.717) is 0 Å². The molecule has 0 aromatic carbocycles. The van der Waals surface area contributed by atoms with Crippen LogP contribution >= 0.6 is 0 Å². The fourth-order valence-corrected chi connectivity index (χ4v) is 2.03. The molecule has 0 atom stereocenters. The molecule has 3 nitrogen and oxygen atoms in total. The fourth-order valence-electron chi connectivity index (χ4n) is 2.03. The third-order valence-electron chi connectivity index (χ3n) is 2.91. The van der Waals surface area contributed by atoms with Gasteiger partial charge in [-0.2, -0.15) is 0 Å². The fraction of sp³-hybridized carbons (Fsp3) is 0.818. The summed E-state index contributed by atoms with van der Waals surface area (Å²) < 4.78 is 11.3. The van der Waals surface area contributed by atoms with Crippen LogP contribution in [0.25, 0.3) is 0 Å². The van der Waals surface area contributed by atoms with Crippen LogP contribution in [0.3, 0.4) is 0 Å². The van der Waals surface area contributed by atoms with E-state index in [1.807, 2.05) is 6.92 Å². The Morgan fingerprint density at radius 3 is 2.43 bits per heavy atom. The maximum atomic E-state index is 5.65. The zero-order valence-electron chi connectivity index (χ0n) is 8.71. The maximum Gasteiger partial charge on any atom is 0.170 e. The largest absolute Gasteiger partial charge is 0.347 e. The van der Waals surface area contributed by atoms with Crippen LogP contribution in [0, 0.1) is 11.8 Å². The van der Waals surface area contributed by atoms with Gasteiger partial charge in [-0.15, -0.1) is 5.92 Å². The summed E-state index contributed by atoms with van der Waals surface area (Å²) in [7, 11) is 0.